The van der Waals surface area contributed by atoms with Gasteiger partial charge in [-0.05, 0) is 44.9 Å². The molecule has 1 aliphatic heterocycles. The van der Waals surface area contributed by atoms with Gasteiger partial charge in [-0.1, -0.05) is 11.6 Å². The average Bonchev–Trinajstić information content (AvgIpc) is 2.79. The van der Waals surface area contributed by atoms with Crippen molar-refractivity contribution in [2.45, 2.75) is 38.7 Å². The van der Waals surface area contributed by atoms with Crippen molar-refractivity contribution in [2.24, 2.45) is 0 Å². The number of aryl methyl sites for hydroxylation is 2. The summed E-state index contributed by atoms with van der Waals surface area (Å²) in [7, 11) is 0. The lowest BCUT2D eigenvalue weighted by Gasteiger charge is -2.29. The molecule has 1 aromatic carbocycles. The second-order valence-electron chi connectivity index (χ2n) is 7.88. The lowest BCUT2D eigenvalue weighted by Crippen LogP contribution is -2.21. The Morgan fingerprint density at radius 1 is 1.03 bits per heavy atom. The van der Waals surface area contributed by atoms with Crippen molar-refractivity contribution >= 4 is 22.8 Å². The van der Waals surface area contributed by atoms with Crippen molar-refractivity contribution in [3.8, 4) is 11.3 Å². The molecule has 0 radical (unpaired) electrons. The fourth-order valence-corrected chi connectivity index (χ4v) is 4.05. The summed E-state index contributed by atoms with van der Waals surface area (Å²) >= 11 is 5.96. The zero-order valence-corrected chi connectivity index (χ0v) is 18.3. The van der Waals surface area contributed by atoms with Crippen LogP contribution in [-0.4, -0.2) is 36.5 Å². The van der Waals surface area contributed by atoms with Crippen molar-refractivity contribution in [3.05, 3.63) is 70.5 Å². The van der Waals surface area contributed by atoms with Gasteiger partial charge in [0, 0.05) is 47.3 Å². The Morgan fingerprint density at radius 2 is 1.84 bits per heavy atom. The molecule has 4 heterocycles. The van der Waals surface area contributed by atoms with Gasteiger partial charge in [0.15, 0.2) is 5.65 Å². The highest BCUT2D eigenvalue weighted by molar-refractivity contribution is 6.30. The van der Waals surface area contributed by atoms with E-state index in [9.17, 15) is 4.39 Å². The van der Waals surface area contributed by atoms with Crippen molar-refractivity contribution in [3.63, 3.8) is 0 Å². The first-order valence-electron chi connectivity index (χ1n) is 10.3. The van der Waals surface area contributed by atoms with Crippen molar-refractivity contribution < 1.29 is 9.13 Å². The third-order valence-electron chi connectivity index (χ3n) is 5.55. The second-order valence-corrected chi connectivity index (χ2v) is 8.32. The van der Waals surface area contributed by atoms with Gasteiger partial charge in [0.1, 0.15) is 28.7 Å². The van der Waals surface area contributed by atoms with Gasteiger partial charge in [-0.25, -0.2) is 34.3 Å². The molecule has 0 bridgehead atoms. The van der Waals surface area contributed by atoms with Crippen molar-refractivity contribution in [2.75, 3.05) is 6.61 Å². The van der Waals surface area contributed by atoms with Gasteiger partial charge < -0.3 is 4.74 Å². The van der Waals surface area contributed by atoms with Crippen LogP contribution in [0.5, 0.6) is 0 Å². The monoisotopic (exact) mass is 450 g/mol. The van der Waals surface area contributed by atoms with Gasteiger partial charge in [-0.15, -0.1) is 0 Å². The Kier molecular flexibility index (Phi) is 5.48. The Labute approximate surface area is 189 Å². The third kappa shape index (κ3) is 4.03. The number of fused-ring (bicyclic) bond motifs is 1. The summed E-state index contributed by atoms with van der Waals surface area (Å²) in [6, 6.07) is 4.52. The van der Waals surface area contributed by atoms with Crippen LogP contribution in [0.3, 0.4) is 0 Å². The summed E-state index contributed by atoms with van der Waals surface area (Å²) < 4.78 is 20.8. The summed E-state index contributed by atoms with van der Waals surface area (Å²) in [5.41, 5.74) is 3.27. The molecule has 9 heteroatoms. The molecule has 0 saturated carbocycles. The molecule has 1 fully saturated rings. The zero-order valence-electron chi connectivity index (χ0n) is 17.6. The maximum absolute atomic E-state index is 14.8. The molecule has 5 rings (SSSR count). The summed E-state index contributed by atoms with van der Waals surface area (Å²) in [6.45, 7) is 4.24. The Balaban J connectivity index is 1.58. The van der Waals surface area contributed by atoms with Crippen LogP contribution in [0, 0.1) is 19.7 Å². The number of hydrogen-bond donors (Lipinski definition) is 0. The third-order valence-corrected chi connectivity index (χ3v) is 5.79. The summed E-state index contributed by atoms with van der Waals surface area (Å²) in [5.74, 6) is 0.856. The Hall–Kier alpha value is -3.10. The normalized spacial score (nSPS) is 18.8. The number of benzene rings is 1. The number of nitrogens with zero attached hydrogens (tertiary/aromatic N) is 6. The molecule has 7 nitrogen and oxygen atoms in total. The van der Waals surface area contributed by atoms with Crippen molar-refractivity contribution in [1.82, 2.24) is 29.9 Å². The molecule has 2 atom stereocenters. The largest absolute Gasteiger partial charge is 0.373 e. The Bertz CT molecular complexity index is 1300. The highest BCUT2D eigenvalue weighted by Crippen LogP contribution is 2.37. The predicted octanol–water partition coefficient (Wildman–Crippen LogP) is 4.92. The molecule has 32 heavy (non-hydrogen) atoms. The van der Waals surface area contributed by atoms with Crippen LogP contribution < -0.4 is 0 Å². The maximum atomic E-state index is 14.8. The Morgan fingerprint density at radius 3 is 2.62 bits per heavy atom. The first-order chi connectivity index (χ1) is 15.5. The zero-order chi connectivity index (χ0) is 22.2. The van der Waals surface area contributed by atoms with Crippen LogP contribution in [-0.2, 0) is 4.74 Å². The molecule has 0 amide bonds. The molecular formula is C23H20ClFN6O. The van der Waals surface area contributed by atoms with E-state index in [1.807, 2.05) is 13.8 Å². The van der Waals surface area contributed by atoms with E-state index >= 15 is 0 Å². The molecule has 0 spiro atoms. The number of ether oxygens (including phenoxy) is 1. The highest BCUT2D eigenvalue weighted by atomic mass is 35.5. The van der Waals surface area contributed by atoms with Crippen LogP contribution in [0.15, 0.2) is 36.8 Å². The van der Waals surface area contributed by atoms with Crippen LogP contribution >= 0.6 is 11.6 Å². The lowest BCUT2D eigenvalue weighted by molar-refractivity contribution is 0.00360. The molecule has 2 unspecified atom stereocenters. The van der Waals surface area contributed by atoms with Gasteiger partial charge in [0.25, 0.3) is 0 Å². The number of rotatable bonds is 3. The predicted molar refractivity (Wildman–Crippen MR) is 118 cm³/mol. The summed E-state index contributed by atoms with van der Waals surface area (Å²) in [5, 5.41) is 0.319. The van der Waals surface area contributed by atoms with Gasteiger partial charge in [0.2, 0.25) is 0 Å². The van der Waals surface area contributed by atoms with E-state index in [0.717, 1.165) is 17.7 Å². The maximum Gasteiger partial charge on any atom is 0.182 e. The first-order valence-corrected chi connectivity index (χ1v) is 10.7. The van der Waals surface area contributed by atoms with Crippen LogP contribution in [0.1, 0.15) is 47.8 Å². The molecule has 1 aliphatic rings. The smallest absolute Gasteiger partial charge is 0.182 e. The number of hydrogen-bond acceptors (Lipinski definition) is 7. The van der Waals surface area contributed by atoms with E-state index in [4.69, 9.17) is 26.3 Å². The van der Waals surface area contributed by atoms with Crippen LogP contribution in [0.2, 0.25) is 5.02 Å². The SMILES string of the molecule is Cc1cnc2c(-c3ccc(Cl)cc3F)nc(C3CCOC(c4cnc(C)nc4)C3)nc2n1. The van der Waals surface area contributed by atoms with Gasteiger partial charge in [-0.3, -0.25) is 0 Å². The molecule has 0 N–H and O–H groups in total. The van der Waals surface area contributed by atoms with Gasteiger partial charge >= 0.3 is 0 Å². The van der Waals surface area contributed by atoms with E-state index < -0.39 is 5.82 Å². The second kappa shape index (κ2) is 8.44. The highest BCUT2D eigenvalue weighted by Gasteiger charge is 2.29. The van der Waals surface area contributed by atoms with Crippen molar-refractivity contribution in [1.29, 1.82) is 0 Å². The number of halogens is 2. The minimum atomic E-state index is -0.465. The van der Waals surface area contributed by atoms with Crippen LogP contribution in [0.4, 0.5) is 4.39 Å². The molecule has 0 aliphatic carbocycles. The molecule has 3 aromatic heterocycles. The van der Waals surface area contributed by atoms with E-state index in [0.29, 0.717) is 52.1 Å². The molecule has 1 saturated heterocycles. The van der Waals surface area contributed by atoms with E-state index in [2.05, 4.69) is 19.9 Å². The number of aromatic nitrogens is 6. The lowest BCUT2D eigenvalue weighted by atomic mass is 9.92. The fourth-order valence-electron chi connectivity index (χ4n) is 3.89. The van der Waals surface area contributed by atoms with Gasteiger partial charge in [-0.2, -0.15) is 0 Å². The van der Waals surface area contributed by atoms with E-state index in [1.165, 1.54) is 6.07 Å². The standard InChI is InChI=1S/C23H20ClFN6O/c1-12-9-28-21-20(17-4-3-16(24)8-18(17)25)30-22(31-23(21)29-12)14-5-6-32-19(7-14)15-10-26-13(2)27-11-15/h3-4,8-11,14,19H,5-7H2,1-2H3. The minimum absolute atomic E-state index is 0.0101. The summed E-state index contributed by atoms with van der Waals surface area (Å²) in [4.78, 5) is 27.0. The van der Waals surface area contributed by atoms with E-state index in [-0.39, 0.29) is 12.0 Å². The van der Waals surface area contributed by atoms with Gasteiger partial charge in [0.05, 0.1) is 11.8 Å². The quantitative estimate of drug-likeness (QED) is 0.437. The topological polar surface area (TPSA) is 86.6 Å². The molecule has 162 valence electrons. The average molecular weight is 451 g/mol. The fraction of sp³-hybridized carbons (Fsp3) is 0.304. The van der Waals surface area contributed by atoms with Crippen LogP contribution in [0.25, 0.3) is 22.4 Å². The minimum Gasteiger partial charge on any atom is -0.373 e. The molecule has 4 aromatic rings. The van der Waals surface area contributed by atoms with E-state index in [1.54, 1.807) is 30.7 Å². The first kappa shape index (κ1) is 20.8. The summed E-state index contributed by atoms with van der Waals surface area (Å²) in [6.07, 6.45) is 6.47. The molecular weight excluding hydrogens is 431 g/mol.